The highest BCUT2D eigenvalue weighted by molar-refractivity contribution is 14.0. The topological polar surface area (TPSA) is 83.3 Å². The van der Waals surface area contributed by atoms with Gasteiger partial charge >= 0.3 is 0 Å². The van der Waals surface area contributed by atoms with Crippen molar-refractivity contribution in [3.05, 3.63) is 83.1 Å². The number of nitrogens with one attached hydrogen (secondary N) is 3. The highest BCUT2D eigenvalue weighted by Gasteiger charge is 2.05. The minimum atomic E-state index is -0.124. The summed E-state index contributed by atoms with van der Waals surface area (Å²) >= 11 is 6.20. The van der Waals surface area contributed by atoms with E-state index < -0.39 is 0 Å². The third kappa shape index (κ3) is 8.22. The summed E-state index contributed by atoms with van der Waals surface area (Å²) in [6.07, 6.45) is 4.21. The van der Waals surface area contributed by atoms with E-state index in [2.05, 4.69) is 26.0 Å². The number of aliphatic imine (C=N–C) groups is 1. The van der Waals surface area contributed by atoms with Crippen LogP contribution < -0.4 is 16.0 Å². The first-order chi connectivity index (χ1) is 14.6. The molecule has 164 valence electrons. The van der Waals surface area contributed by atoms with Gasteiger partial charge in [0.1, 0.15) is 6.54 Å². The summed E-state index contributed by atoms with van der Waals surface area (Å²) in [6, 6.07) is 17.3. The number of aromatic nitrogens is 2. The molecule has 7 nitrogen and oxygen atoms in total. The molecule has 3 aromatic rings. The fourth-order valence-corrected chi connectivity index (χ4v) is 3.15. The molecule has 0 spiro atoms. The lowest BCUT2D eigenvalue weighted by atomic mass is 10.1. The van der Waals surface area contributed by atoms with E-state index in [0.717, 1.165) is 28.3 Å². The molecule has 0 unspecified atom stereocenters. The number of halogens is 2. The molecule has 3 N–H and O–H groups in total. The third-order valence-corrected chi connectivity index (χ3v) is 4.77. The Morgan fingerprint density at radius 1 is 1.13 bits per heavy atom. The van der Waals surface area contributed by atoms with Gasteiger partial charge in [-0.2, -0.15) is 5.10 Å². The molecule has 0 fully saturated rings. The van der Waals surface area contributed by atoms with Crippen molar-refractivity contribution < 1.29 is 4.79 Å². The summed E-state index contributed by atoms with van der Waals surface area (Å²) in [7, 11) is 1.73. The van der Waals surface area contributed by atoms with E-state index in [1.807, 2.05) is 48.5 Å². The van der Waals surface area contributed by atoms with Crippen LogP contribution in [-0.2, 0) is 24.3 Å². The lowest BCUT2D eigenvalue weighted by Gasteiger charge is -2.13. The first kappa shape index (κ1) is 24.7. The summed E-state index contributed by atoms with van der Waals surface area (Å²) in [6.45, 7) is 1.47. The van der Waals surface area contributed by atoms with Crippen molar-refractivity contribution in [3.63, 3.8) is 0 Å². The smallest absolute Gasteiger partial charge is 0.246 e. The first-order valence-electron chi connectivity index (χ1n) is 9.68. The molecule has 1 aromatic heterocycles. The number of rotatable bonds is 8. The summed E-state index contributed by atoms with van der Waals surface area (Å²) < 4.78 is 1.58. The van der Waals surface area contributed by atoms with E-state index in [1.54, 1.807) is 30.2 Å². The quantitative estimate of drug-likeness (QED) is 0.226. The Balaban J connectivity index is 0.00000341. The Morgan fingerprint density at radius 2 is 1.97 bits per heavy atom. The number of amides is 1. The molecule has 0 aliphatic rings. The van der Waals surface area contributed by atoms with Gasteiger partial charge in [0.05, 0.1) is 0 Å². The van der Waals surface area contributed by atoms with Crippen molar-refractivity contribution in [2.75, 3.05) is 18.9 Å². The van der Waals surface area contributed by atoms with Crippen molar-refractivity contribution in [1.29, 1.82) is 0 Å². The van der Waals surface area contributed by atoms with Gasteiger partial charge in [0, 0.05) is 43.2 Å². The molecule has 0 aliphatic heterocycles. The maximum atomic E-state index is 12.1. The molecule has 1 heterocycles. The summed E-state index contributed by atoms with van der Waals surface area (Å²) in [5.74, 6) is 0.580. The predicted octanol–water partition coefficient (Wildman–Crippen LogP) is 3.70. The molecular formula is C22H26ClIN6O. The van der Waals surface area contributed by atoms with Gasteiger partial charge in [0.15, 0.2) is 5.96 Å². The number of carbonyl (C=O) groups excluding carboxylic acids is 1. The Morgan fingerprint density at radius 3 is 2.71 bits per heavy atom. The van der Waals surface area contributed by atoms with E-state index in [9.17, 15) is 4.79 Å². The highest BCUT2D eigenvalue weighted by Crippen LogP contribution is 2.15. The monoisotopic (exact) mass is 552 g/mol. The lowest BCUT2D eigenvalue weighted by molar-refractivity contribution is -0.116. The number of nitrogens with zero attached hydrogens (tertiary/aromatic N) is 3. The molecule has 31 heavy (non-hydrogen) atoms. The van der Waals surface area contributed by atoms with E-state index in [1.165, 1.54) is 0 Å². The minimum Gasteiger partial charge on any atom is -0.356 e. The van der Waals surface area contributed by atoms with Gasteiger partial charge in [-0.3, -0.25) is 14.5 Å². The fourth-order valence-electron chi connectivity index (χ4n) is 2.92. The Labute approximate surface area is 204 Å². The Kier molecular flexibility index (Phi) is 10.3. The van der Waals surface area contributed by atoms with Crippen LogP contribution in [0.15, 0.2) is 72.0 Å². The van der Waals surface area contributed by atoms with Crippen LogP contribution in [0.3, 0.4) is 0 Å². The molecule has 0 bridgehead atoms. The molecule has 3 rings (SSSR count). The number of hydrogen-bond acceptors (Lipinski definition) is 3. The Hall–Kier alpha value is -2.59. The van der Waals surface area contributed by atoms with Crippen LogP contribution in [0, 0.1) is 0 Å². The Bertz CT molecular complexity index is 993. The molecule has 2 aromatic carbocycles. The van der Waals surface area contributed by atoms with Gasteiger partial charge in [0.2, 0.25) is 5.91 Å². The second-order valence-corrected chi connectivity index (χ2v) is 7.05. The van der Waals surface area contributed by atoms with Gasteiger partial charge in [-0.05, 0) is 41.8 Å². The number of anilines is 1. The maximum absolute atomic E-state index is 12.1. The van der Waals surface area contributed by atoms with Crippen LogP contribution in [0.1, 0.15) is 11.1 Å². The largest absolute Gasteiger partial charge is 0.356 e. The zero-order valence-corrected chi connectivity index (χ0v) is 20.3. The van der Waals surface area contributed by atoms with Crippen LogP contribution in [0.4, 0.5) is 5.69 Å². The first-order valence-corrected chi connectivity index (χ1v) is 10.1. The second-order valence-electron chi connectivity index (χ2n) is 6.65. The minimum absolute atomic E-state index is 0. The normalized spacial score (nSPS) is 10.8. The number of benzene rings is 2. The van der Waals surface area contributed by atoms with Gasteiger partial charge in [-0.25, -0.2) is 0 Å². The van der Waals surface area contributed by atoms with E-state index in [-0.39, 0.29) is 36.4 Å². The van der Waals surface area contributed by atoms with E-state index in [0.29, 0.717) is 19.0 Å². The zero-order valence-electron chi connectivity index (χ0n) is 17.2. The van der Waals surface area contributed by atoms with Gasteiger partial charge < -0.3 is 16.0 Å². The molecule has 0 atom stereocenters. The molecular weight excluding hydrogens is 527 g/mol. The molecule has 0 radical (unpaired) electrons. The average Bonchev–Trinajstić information content (AvgIpc) is 3.25. The average molecular weight is 553 g/mol. The van der Waals surface area contributed by atoms with E-state index in [4.69, 9.17) is 11.6 Å². The van der Waals surface area contributed by atoms with Gasteiger partial charge in [0.25, 0.3) is 0 Å². The summed E-state index contributed by atoms with van der Waals surface area (Å²) in [5.41, 5.74) is 2.87. The zero-order chi connectivity index (χ0) is 21.2. The number of hydrogen-bond donors (Lipinski definition) is 3. The SMILES string of the molecule is CN=C(NCCc1ccccc1Cl)NCc1cccc(NC(=O)Cn2cccn2)c1.I. The summed E-state index contributed by atoms with van der Waals surface area (Å²) in [4.78, 5) is 16.4. The molecule has 0 saturated carbocycles. The number of carbonyl (C=O) groups is 1. The van der Waals surface area contributed by atoms with Crippen LogP contribution in [0.5, 0.6) is 0 Å². The number of guanidine groups is 1. The molecule has 9 heteroatoms. The highest BCUT2D eigenvalue weighted by atomic mass is 127. The molecule has 0 aliphatic carbocycles. The van der Waals surface area contributed by atoms with Crippen molar-refractivity contribution in [1.82, 2.24) is 20.4 Å². The predicted molar refractivity (Wildman–Crippen MR) is 136 cm³/mol. The van der Waals surface area contributed by atoms with Crippen molar-refractivity contribution >= 4 is 53.1 Å². The maximum Gasteiger partial charge on any atom is 0.246 e. The second kappa shape index (κ2) is 13.0. The van der Waals surface area contributed by atoms with E-state index >= 15 is 0 Å². The standard InChI is InChI=1S/C22H25ClN6O.HI/c1-24-22(25-12-10-18-7-2-3-9-20(18)23)26-15-17-6-4-8-19(14-17)28-21(30)16-29-13-5-11-27-29;/h2-9,11,13-14H,10,12,15-16H2,1H3,(H,28,30)(H2,24,25,26);1H. The fraction of sp³-hybridized carbons (Fsp3) is 0.227. The third-order valence-electron chi connectivity index (χ3n) is 4.40. The van der Waals surface area contributed by atoms with Crippen molar-refractivity contribution in [3.8, 4) is 0 Å². The van der Waals surface area contributed by atoms with Gasteiger partial charge in [-0.15, -0.1) is 24.0 Å². The van der Waals surface area contributed by atoms with Crippen LogP contribution in [0.2, 0.25) is 5.02 Å². The van der Waals surface area contributed by atoms with Gasteiger partial charge in [-0.1, -0.05) is 41.9 Å². The van der Waals surface area contributed by atoms with Crippen LogP contribution >= 0.6 is 35.6 Å². The molecule has 1 amide bonds. The lowest BCUT2D eigenvalue weighted by Crippen LogP contribution is -2.37. The van der Waals surface area contributed by atoms with Crippen LogP contribution in [0.25, 0.3) is 0 Å². The van der Waals surface area contributed by atoms with Crippen LogP contribution in [-0.4, -0.2) is 35.2 Å². The van der Waals surface area contributed by atoms with Crippen molar-refractivity contribution in [2.45, 2.75) is 19.5 Å². The molecule has 0 saturated heterocycles. The van der Waals surface area contributed by atoms with Crippen molar-refractivity contribution in [2.24, 2.45) is 4.99 Å². The summed E-state index contributed by atoms with van der Waals surface area (Å²) in [5, 5.41) is 14.3.